The van der Waals surface area contributed by atoms with Gasteiger partial charge in [0.2, 0.25) is 0 Å². The largest absolute Gasteiger partial charge is 0.320 e. The monoisotopic (exact) mass is 236 g/mol. The number of hydrogen-bond donors (Lipinski definition) is 3. The van der Waals surface area contributed by atoms with Crippen LogP contribution < -0.4 is 10.9 Å². The minimum atomic E-state index is 0.195. The van der Waals surface area contributed by atoms with Gasteiger partial charge in [-0.25, -0.2) is 5.43 Å². The number of benzene rings is 2. The molecule has 1 aromatic heterocycles. The SMILES string of the molecule is c1ccc2c(c1)NNC2c1ccc2[nH]ncc2c1. The summed E-state index contributed by atoms with van der Waals surface area (Å²) in [7, 11) is 0. The van der Waals surface area contributed by atoms with Crippen molar-refractivity contribution >= 4 is 16.6 Å². The van der Waals surface area contributed by atoms with Crippen LogP contribution in [0.25, 0.3) is 10.9 Å². The zero-order valence-corrected chi connectivity index (χ0v) is 9.64. The summed E-state index contributed by atoms with van der Waals surface area (Å²) in [6.07, 6.45) is 1.85. The molecule has 2 heterocycles. The third-order valence-electron chi connectivity index (χ3n) is 3.42. The van der Waals surface area contributed by atoms with Gasteiger partial charge in [-0.05, 0) is 29.3 Å². The first-order valence-electron chi connectivity index (χ1n) is 5.95. The van der Waals surface area contributed by atoms with E-state index in [0.717, 1.165) is 16.6 Å². The number of aromatic nitrogens is 2. The Morgan fingerprint density at radius 1 is 1.06 bits per heavy atom. The van der Waals surface area contributed by atoms with Gasteiger partial charge in [-0.3, -0.25) is 5.10 Å². The third-order valence-corrected chi connectivity index (χ3v) is 3.42. The Hall–Kier alpha value is -2.33. The average molecular weight is 236 g/mol. The van der Waals surface area contributed by atoms with E-state index in [0.29, 0.717) is 0 Å². The van der Waals surface area contributed by atoms with Gasteiger partial charge in [0.25, 0.3) is 0 Å². The highest BCUT2D eigenvalue weighted by molar-refractivity contribution is 5.79. The van der Waals surface area contributed by atoms with Crippen molar-refractivity contribution in [3.05, 3.63) is 59.8 Å². The molecule has 0 saturated heterocycles. The van der Waals surface area contributed by atoms with E-state index in [9.17, 15) is 0 Å². The first-order chi connectivity index (χ1) is 8.92. The fourth-order valence-corrected chi connectivity index (χ4v) is 2.49. The second kappa shape index (κ2) is 3.58. The molecule has 1 aliphatic heterocycles. The molecule has 0 aliphatic carbocycles. The van der Waals surface area contributed by atoms with E-state index in [2.05, 4.69) is 57.4 Å². The number of H-pyrrole nitrogens is 1. The zero-order chi connectivity index (χ0) is 11.9. The van der Waals surface area contributed by atoms with Crippen molar-refractivity contribution in [2.45, 2.75) is 6.04 Å². The molecule has 0 spiro atoms. The summed E-state index contributed by atoms with van der Waals surface area (Å²) in [6.45, 7) is 0. The molecular formula is C14H12N4. The van der Waals surface area contributed by atoms with E-state index in [1.807, 2.05) is 12.3 Å². The number of anilines is 1. The smallest absolute Gasteiger partial charge is 0.0780 e. The standard InChI is InChI=1S/C14H12N4/c1-2-4-13-11(3-1)14(18-17-13)9-5-6-12-10(7-9)8-15-16-12/h1-8,14,17-18H,(H,15,16). The van der Waals surface area contributed by atoms with Gasteiger partial charge in [-0.15, -0.1) is 0 Å². The molecule has 4 heteroatoms. The molecule has 88 valence electrons. The predicted molar refractivity (Wildman–Crippen MR) is 71.1 cm³/mol. The van der Waals surface area contributed by atoms with Gasteiger partial charge >= 0.3 is 0 Å². The molecule has 1 unspecified atom stereocenters. The average Bonchev–Trinajstić information content (AvgIpc) is 3.04. The maximum Gasteiger partial charge on any atom is 0.0780 e. The van der Waals surface area contributed by atoms with Crippen LogP contribution in [0.15, 0.2) is 48.7 Å². The van der Waals surface area contributed by atoms with Crippen molar-refractivity contribution in [2.75, 3.05) is 5.43 Å². The highest BCUT2D eigenvalue weighted by Gasteiger charge is 2.22. The molecule has 0 saturated carbocycles. The summed E-state index contributed by atoms with van der Waals surface area (Å²) in [4.78, 5) is 0. The lowest BCUT2D eigenvalue weighted by Gasteiger charge is -2.11. The molecule has 0 fully saturated rings. The van der Waals surface area contributed by atoms with Gasteiger partial charge in [0.05, 0.1) is 23.4 Å². The number of nitrogens with zero attached hydrogens (tertiary/aromatic N) is 1. The number of para-hydroxylation sites is 1. The lowest BCUT2D eigenvalue weighted by atomic mass is 9.98. The van der Waals surface area contributed by atoms with E-state index >= 15 is 0 Å². The Morgan fingerprint density at radius 3 is 3.00 bits per heavy atom. The Balaban J connectivity index is 1.84. The number of hydrazine groups is 1. The van der Waals surface area contributed by atoms with Crippen LogP contribution in [-0.2, 0) is 0 Å². The molecule has 4 nitrogen and oxygen atoms in total. The molecule has 3 aromatic rings. The molecule has 4 rings (SSSR count). The minimum absolute atomic E-state index is 0.195. The summed E-state index contributed by atoms with van der Waals surface area (Å²) < 4.78 is 0. The van der Waals surface area contributed by atoms with Crippen molar-refractivity contribution in [1.29, 1.82) is 0 Å². The number of aromatic amines is 1. The molecule has 0 bridgehead atoms. The van der Waals surface area contributed by atoms with Crippen LogP contribution in [0.4, 0.5) is 5.69 Å². The van der Waals surface area contributed by atoms with Crippen LogP contribution in [0.1, 0.15) is 17.2 Å². The summed E-state index contributed by atoms with van der Waals surface area (Å²) in [5.41, 5.74) is 11.3. The fourth-order valence-electron chi connectivity index (χ4n) is 2.49. The van der Waals surface area contributed by atoms with Crippen molar-refractivity contribution in [3.8, 4) is 0 Å². The van der Waals surface area contributed by atoms with Crippen LogP contribution >= 0.6 is 0 Å². The van der Waals surface area contributed by atoms with Gasteiger partial charge < -0.3 is 5.43 Å². The van der Waals surface area contributed by atoms with E-state index in [1.54, 1.807) is 0 Å². The maximum atomic E-state index is 4.05. The van der Waals surface area contributed by atoms with E-state index < -0.39 is 0 Å². The molecule has 1 aliphatic rings. The molecule has 0 amide bonds. The van der Waals surface area contributed by atoms with Gasteiger partial charge in [0.1, 0.15) is 0 Å². The van der Waals surface area contributed by atoms with Crippen LogP contribution in [0.5, 0.6) is 0 Å². The lowest BCUT2D eigenvalue weighted by molar-refractivity contribution is 0.729. The summed E-state index contributed by atoms with van der Waals surface area (Å²) in [5.74, 6) is 0. The molecule has 1 atom stereocenters. The molecular weight excluding hydrogens is 224 g/mol. The highest BCUT2D eigenvalue weighted by Crippen LogP contribution is 2.33. The Bertz CT molecular complexity index is 716. The Kier molecular flexibility index (Phi) is 1.92. The topological polar surface area (TPSA) is 52.7 Å². The second-order valence-electron chi connectivity index (χ2n) is 4.51. The maximum absolute atomic E-state index is 4.05. The summed E-state index contributed by atoms with van der Waals surface area (Å²) >= 11 is 0. The molecule has 2 aromatic carbocycles. The predicted octanol–water partition coefficient (Wildman–Crippen LogP) is 2.58. The van der Waals surface area contributed by atoms with Crippen molar-refractivity contribution < 1.29 is 0 Å². The lowest BCUT2D eigenvalue weighted by Crippen LogP contribution is -2.19. The van der Waals surface area contributed by atoms with Crippen molar-refractivity contribution in [2.24, 2.45) is 0 Å². The molecule has 18 heavy (non-hydrogen) atoms. The summed E-state index contributed by atoms with van der Waals surface area (Å²) in [5, 5.41) is 8.16. The molecule has 0 radical (unpaired) electrons. The van der Waals surface area contributed by atoms with Crippen LogP contribution in [0.3, 0.4) is 0 Å². The normalized spacial score (nSPS) is 17.7. The third kappa shape index (κ3) is 1.33. The van der Waals surface area contributed by atoms with E-state index in [4.69, 9.17) is 0 Å². The minimum Gasteiger partial charge on any atom is -0.320 e. The van der Waals surface area contributed by atoms with Gasteiger partial charge in [0.15, 0.2) is 0 Å². The van der Waals surface area contributed by atoms with Crippen molar-refractivity contribution in [1.82, 2.24) is 15.6 Å². The number of fused-ring (bicyclic) bond motifs is 2. The van der Waals surface area contributed by atoms with E-state index in [1.165, 1.54) is 11.1 Å². The summed E-state index contributed by atoms with van der Waals surface area (Å²) in [6, 6.07) is 14.9. The number of rotatable bonds is 1. The Morgan fingerprint density at radius 2 is 2.00 bits per heavy atom. The molecule has 3 N–H and O–H groups in total. The van der Waals surface area contributed by atoms with Crippen LogP contribution in [-0.4, -0.2) is 10.2 Å². The number of nitrogens with one attached hydrogen (secondary N) is 3. The zero-order valence-electron chi connectivity index (χ0n) is 9.64. The fraction of sp³-hybridized carbons (Fsp3) is 0.0714. The van der Waals surface area contributed by atoms with E-state index in [-0.39, 0.29) is 6.04 Å². The highest BCUT2D eigenvalue weighted by atomic mass is 15.4. The van der Waals surface area contributed by atoms with Gasteiger partial charge in [-0.1, -0.05) is 24.3 Å². The quantitative estimate of drug-likeness (QED) is 0.608. The van der Waals surface area contributed by atoms with Crippen LogP contribution in [0.2, 0.25) is 0 Å². The van der Waals surface area contributed by atoms with Crippen molar-refractivity contribution in [3.63, 3.8) is 0 Å². The van der Waals surface area contributed by atoms with Gasteiger partial charge in [-0.2, -0.15) is 5.10 Å². The van der Waals surface area contributed by atoms with Gasteiger partial charge in [0, 0.05) is 5.39 Å². The first-order valence-corrected chi connectivity index (χ1v) is 5.95. The number of hydrogen-bond acceptors (Lipinski definition) is 3. The second-order valence-corrected chi connectivity index (χ2v) is 4.51. The van der Waals surface area contributed by atoms with Crippen LogP contribution in [0, 0.1) is 0 Å². The first kappa shape index (κ1) is 9.67. The Labute approximate surface area is 104 Å².